The molecule has 3 nitrogen and oxygen atoms in total. The SMILES string of the molecule is CCCCCCCC(OC(=O)OC(CCCCCCC)c1ccccc1)c1ccccc1. The number of carbonyl (C=O) groups is 1. The summed E-state index contributed by atoms with van der Waals surface area (Å²) in [4.78, 5) is 12.8. The summed E-state index contributed by atoms with van der Waals surface area (Å²) in [7, 11) is 0. The Morgan fingerprint density at radius 2 is 0.969 bits per heavy atom. The minimum absolute atomic E-state index is 0.258. The van der Waals surface area contributed by atoms with E-state index in [2.05, 4.69) is 13.8 Å². The van der Waals surface area contributed by atoms with Gasteiger partial charge in [-0.05, 0) is 36.8 Å². The number of hydrogen-bond donors (Lipinski definition) is 0. The van der Waals surface area contributed by atoms with Crippen LogP contribution in [-0.2, 0) is 9.47 Å². The van der Waals surface area contributed by atoms with Gasteiger partial charge in [-0.15, -0.1) is 0 Å². The lowest BCUT2D eigenvalue weighted by atomic mass is 10.0. The second-order valence-corrected chi connectivity index (χ2v) is 8.69. The molecule has 3 heteroatoms. The van der Waals surface area contributed by atoms with E-state index in [0.29, 0.717) is 0 Å². The van der Waals surface area contributed by atoms with Gasteiger partial charge in [0.1, 0.15) is 12.2 Å². The maximum absolute atomic E-state index is 12.8. The summed E-state index contributed by atoms with van der Waals surface area (Å²) in [5.41, 5.74) is 2.08. The molecule has 2 rings (SSSR count). The Kier molecular flexibility index (Phi) is 13.3. The molecule has 2 atom stereocenters. The standard InChI is InChI=1S/C29H42O3/c1-3-5-7-9-17-23-27(25-19-13-11-14-20-25)31-29(30)32-28(24-18-10-8-6-4-2)26-21-15-12-16-22-26/h11-16,19-22,27-28H,3-10,17-18,23-24H2,1-2H3. The molecule has 0 N–H and O–H groups in total. The van der Waals surface area contributed by atoms with Gasteiger partial charge in [-0.1, -0.05) is 126 Å². The smallest absolute Gasteiger partial charge is 0.426 e. The van der Waals surface area contributed by atoms with Crippen LogP contribution < -0.4 is 0 Å². The third-order valence-electron chi connectivity index (χ3n) is 5.96. The van der Waals surface area contributed by atoms with Gasteiger partial charge < -0.3 is 9.47 Å². The van der Waals surface area contributed by atoms with E-state index in [9.17, 15) is 4.79 Å². The molecular weight excluding hydrogens is 396 g/mol. The van der Waals surface area contributed by atoms with Crippen LogP contribution in [0, 0.1) is 0 Å². The molecule has 0 aliphatic heterocycles. The van der Waals surface area contributed by atoms with E-state index in [1.54, 1.807) is 0 Å². The minimum atomic E-state index is -0.560. The Labute approximate surface area is 195 Å². The first-order valence-electron chi connectivity index (χ1n) is 12.7. The number of hydrogen-bond acceptors (Lipinski definition) is 3. The minimum Gasteiger partial charge on any atom is -0.426 e. The van der Waals surface area contributed by atoms with E-state index in [1.165, 1.54) is 51.4 Å². The predicted octanol–water partition coefficient (Wildman–Crippen LogP) is 9.34. The van der Waals surface area contributed by atoms with Crippen molar-refractivity contribution in [2.24, 2.45) is 0 Å². The highest BCUT2D eigenvalue weighted by Gasteiger charge is 2.22. The quantitative estimate of drug-likeness (QED) is 0.193. The monoisotopic (exact) mass is 438 g/mol. The lowest BCUT2D eigenvalue weighted by Crippen LogP contribution is -2.16. The van der Waals surface area contributed by atoms with Crippen LogP contribution in [0.15, 0.2) is 60.7 Å². The van der Waals surface area contributed by atoms with Crippen molar-refractivity contribution in [2.75, 3.05) is 0 Å². The molecule has 32 heavy (non-hydrogen) atoms. The molecule has 0 radical (unpaired) electrons. The molecule has 0 saturated heterocycles. The van der Waals surface area contributed by atoms with Crippen LogP contribution in [0.25, 0.3) is 0 Å². The van der Waals surface area contributed by atoms with Crippen LogP contribution in [0.1, 0.15) is 114 Å². The second kappa shape index (κ2) is 16.4. The molecule has 0 bridgehead atoms. The summed E-state index contributed by atoms with van der Waals surface area (Å²) in [5.74, 6) is 0. The van der Waals surface area contributed by atoms with Crippen molar-refractivity contribution >= 4 is 6.16 Å². The highest BCUT2D eigenvalue weighted by atomic mass is 16.7. The number of unbranched alkanes of at least 4 members (excludes halogenated alkanes) is 8. The molecule has 0 heterocycles. The second-order valence-electron chi connectivity index (χ2n) is 8.69. The van der Waals surface area contributed by atoms with Gasteiger partial charge in [-0.2, -0.15) is 0 Å². The fraction of sp³-hybridized carbons (Fsp3) is 0.552. The lowest BCUT2D eigenvalue weighted by molar-refractivity contribution is -0.00869. The van der Waals surface area contributed by atoms with E-state index in [-0.39, 0.29) is 12.2 Å². The first-order chi connectivity index (χ1) is 15.7. The third kappa shape index (κ3) is 10.3. The fourth-order valence-corrected chi connectivity index (χ4v) is 4.05. The summed E-state index contributed by atoms with van der Waals surface area (Å²) < 4.78 is 11.8. The molecule has 2 aromatic carbocycles. The van der Waals surface area contributed by atoms with Crippen LogP contribution in [0.3, 0.4) is 0 Å². The highest BCUT2D eigenvalue weighted by Crippen LogP contribution is 2.29. The molecule has 0 fully saturated rings. The van der Waals surface area contributed by atoms with Crippen LogP contribution in [0.4, 0.5) is 4.79 Å². The van der Waals surface area contributed by atoms with E-state index < -0.39 is 6.16 Å². The zero-order valence-electron chi connectivity index (χ0n) is 20.1. The summed E-state index contributed by atoms with van der Waals surface area (Å²) in [6.45, 7) is 4.44. The van der Waals surface area contributed by atoms with Crippen LogP contribution in [-0.4, -0.2) is 6.16 Å². The van der Waals surface area contributed by atoms with E-state index >= 15 is 0 Å². The molecular formula is C29H42O3. The average Bonchev–Trinajstić information content (AvgIpc) is 2.83. The summed E-state index contributed by atoms with van der Waals surface area (Å²) in [5, 5.41) is 0. The van der Waals surface area contributed by atoms with E-state index in [0.717, 1.165) is 36.8 Å². The zero-order valence-corrected chi connectivity index (χ0v) is 20.1. The van der Waals surface area contributed by atoms with Crippen LogP contribution in [0.2, 0.25) is 0 Å². The molecule has 0 aromatic heterocycles. The Balaban J connectivity index is 1.96. The van der Waals surface area contributed by atoms with Crippen molar-refractivity contribution < 1.29 is 14.3 Å². The highest BCUT2D eigenvalue weighted by molar-refractivity contribution is 5.61. The van der Waals surface area contributed by atoms with Crippen molar-refractivity contribution in [1.29, 1.82) is 0 Å². The Morgan fingerprint density at radius 3 is 1.34 bits per heavy atom. The fourth-order valence-electron chi connectivity index (χ4n) is 4.05. The molecule has 0 aliphatic rings. The predicted molar refractivity (Wildman–Crippen MR) is 133 cm³/mol. The maximum Gasteiger partial charge on any atom is 0.509 e. The van der Waals surface area contributed by atoms with Gasteiger partial charge >= 0.3 is 6.16 Å². The van der Waals surface area contributed by atoms with E-state index in [4.69, 9.17) is 9.47 Å². The van der Waals surface area contributed by atoms with Gasteiger partial charge in [-0.3, -0.25) is 0 Å². The Morgan fingerprint density at radius 1 is 0.594 bits per heavy atom. The van der Waals surface area contributed by atoms with Crippen LogP contribution >= 0.6 is 0 Å². The third-order valence-corrected chi connectivity index (χ3v) is 5.96. The molecule has 0 aliphatic carbocycles. The van der Waals surface area contributed by atoms with Gasteiger partial charge in [0.05, 0.1) is 0 Å². The average molecular weight is 439 g/mol. The molecule has 0 saturated carbocycles. The largest absolute Gasteiger partial charge is 0.509 e. The van der Waals surface area contributed by atoms with Gasteiger partial charge in [0.15, 0.2) is 0 Å². The Bertz CT molecular complexity index is 652. The molecule has 2 unspecified atom stereocenters. The normalized spacial score (nSPS) is 12.8. The lowest BCUT2D eigenvalue weighted by Gasteiger charge is -2.22. The van der Waals surface area contributed by atoms with Crippen molar-refractivity contribution in [3.63, 3.8) is 0 Å². The topological polar surface area (TPSA) is 35.5 Å². The van der Waals surface area contributed by atoms with Crippen molar-refractivity contribution in [3.8, 4) is 0 Å². The van der Waals surface area contributed by atoms with Crippen molar-refractivity contribution in [3.05, 3.63) is 71.8 Å². The number of ether oxygens (including phenoxy) is 2. The summed E-state index contributed by atoms with van der Waals surface area (Å²) in [6, 6.07) is 20.1. The van der Waals surface area contributed by atoms with Crippen molar-refractivity contribution in [2.45, 2.75) is 103 Å². The van der Waals surface area contributed by atoms with Gasteiger partial charge in [0, 0.05) is 0 Å². The summed E-state index contributed by atoms with van der Waals surface area (Å²) >= 11 is 0. The summed E-state index contributed by atoms with van der Waals surface area (Å²) in [6.07, 6.45) is 12.4. The number of benzene rings is 2. The molecule has 2 aromatic rings. The molecule has 176 valence electrons. The van der Waals surface area contributed by atoms with Gasteiger partial charge in [0.25, 0.3) is 0 Å². The first kappa shape index (κ1) is 26.0. The first-order valence-corrected chi connectivity index (χ1v) is 12.7. The number of rotatable bonds is 16. The van der Waals surface area contributed by atoms with E-state index in [1.807, 2.05) is 60.7 Å². The van der Waals surface area contributed by atoms with Crippen LogP contribution in [0.5, 0.6) is 0 Å². The molecule has 0 amide bonds. The van der Waals surface area contributed by atoms with Crippen molar-refractivity contribution in [1.82, 2.24) is 0 Å². The van der Waals surface area contributed by atoms with Gasteiger partial charge in [0.2, 0.25) is 0 Å². The Hall–Kier alpha value is -2.29. The zero-order chi connectivity index (χ0) is 22.9. The van der Waals surface area contributed by atoms with Gasteiger partial charge in [-0.25, -0.2) is 4.79 Å². The molecule has 0 spiro atoms. The maximum atomic E-state index is 12.8. The number of carbonyl (C=O) groups excluding carboxylic acids is 1.